The summed E-state index contributed by atoms with van der Waals surface area (Å²) in [6.07, 6.45) is 0.547. The second-order valence-corrected chi connectivity index (χ2v) is 3.51. The van der Waals surface area contributed by atoms with Crippen LogP contribution in [0.15, 0.2) is 12.1 Å². The first-order valence-electron chi connectivity index (χ1n) is 3.57. The molecule has 0 amide bonds. The van der Waals surface area contributed by atoms with Gasteiger partial charge in [-0.05, 0) is 28.7 Å². The Morgan fingerprint density at radius 2 is 2.21 bits per heavy atom. The first-order chi connectivity index (χ1) is 6.60. The zero-order valence-corrected chi connectivity index (χ0v) is 9.35. The average Bonchev–Trinajstić information content (AvgIpc) is 2.17. The number of ether oxygens (including phenoxy) is 1. The zero-order chi connectivity index (χ0) is 10.7. The summed E-state index contributed by atoms with van der Waals surface area (Å²) in [5, 5.41) is 10.6. The largest absolute Gasteiger partial charge is 0.495 e. The van der Waals surface area contributed by atoms with Crippen molar-refractivity contribution in [1.29, 1.82) is 0 Å². The van der Waals surface area contributed by atoms with Crippen LogP contribution in [-0.4, -0.2) is 18.3 Å². The van der Waals surface area contributed by atoms with Crippen molar-refractivity contribution in [3.05, 3.63) is 31.4 Å². The third-order valence-corrected chi connectivity index (χ3v) is 2.68. The minimum Gasteiger partial charge on any atom is -0.495 e. The molecule has 1 rings (SSSR count). The Hall–Kier alpha value is -1.18. The van der Waals surface area contributed by atoms with Gasteiger partial charge in [-0.2, -0.15) is 0 Å². The molecule has 0 aliphatic heterocycles. The highest BCUT2D eigenvalue weighted by Crippen LogP contribution is 2.30. The summed E-state index contributed by atoms with van der Waals surface area (Å²) in [5.41, 5.74) is 0.112. The molecule has 0 radical (unpaired) electrons. The summed E-state index contributed by atoms with van der Waals surface area (Å²) in [4.78, 5) is 20.5. The molecule has 0 aliphatic carbocycles. The van der Waals surface area contributed by atoms with Crippen molar-refractivity contribution in [3.63, 3.8) is 0 Å². The van der Waals surface area contributed by atoms with Crippen molar-refractivity contribution < 1.29 is 14.5 Å². The Morgan fingerprint density at radius 1 is 1.57 bits per heavy atom. The minimum absolute atomic E-state index is 0.118. The van der Waals surface area contributed by atoms with Gasteiger partial charge in [-0.25, -0.2) is 0 Å². The molecule has 74 valence electrons. The number of methoxy groups -OCH3 is 1. The smallest absolute Gasteiger partial charge is 0.287 e. The second kappa shape index (κ2) is 4.36. The van der Waals surface area contributed by atoms with E-state index in [-0.39, 0.29) is 11.3 Å². The zero-order valence-electron chi connectivity index (χ0n) is 7.19. The van der Waals surface area contributed by atoms with Gasteiger partial charge >= 0.3 is 0 Å². The van der Waals surface area contributed by atoms with E-state index >= 15 is 0 Å². The molecule has 0 N–H and O–H groups in total. The first kappa shape index (κ1) is 10.9. The van der Waals surface area contributed by atoms with Crippen LogP contribution < -0.4 is 4.74 Å². The summed E-state index contributed by atoms with van der Waals surface area (Å²) >= 11 is 1.81. The number of benzene rings is 1. The number of carbonyl (C=O) groups is 1. The Bertz CT molecular complexity index is 391. The van der Waals surface area contributed by atoms with E-state index < -0.39 is 4.92 Å². The van der Waals surface area contributed by atoms with E-state index in [2.05, 4.69) is 0 Å². The van der Waals surface area contributed by atoms with Gasteiger partial charge in [-0.15, -0.1) is 0 Å². The molecule has 1 aromatic carbocycles. The van der Waals surface area contributed by atoms with Crippen molar-refractivity contribution in [1.82, 2.24) is 0 Å². The van der Waals surface area contributed by atoms with Gasteiger partial charge in [-0.3, -0.25) is 14.9 Å². The maximum atomic E-state index is 10.6. The molecule has 0 fully saturated rings. The van der Waals surface area contributed by atoms with Gasteiger partial charge in [0.2, 0.25) is 0 Å². The summed E-state index contributed by atoms with van der Waals surface area (Å²) in [6.45, 7) is 0. The van der Waals surface area contributed by atoms with Crippen molar-refractivity contribution >= 4 is 34.6 Å². The van der Waals surface area contributed by atoms with Crippen molar-refractivity contribution in [3.8, 4) is 5.75 Å². The summed E-state index contributed by atoms with van der Waals surface area (Å²) in [6, 6.07) is 2.68. The van der Waals surface area contributed by atoms with Gasteiger partial charge in [0.05, 0.1) is 12.0 Å². The number of hydrogen-bond acceptors (Lipinski definition) is 4. The van der Waals surface area contributed by atoms with Gasteiger partial charge in [0.25, 0.3) is 5.69 Å². The highest BCUT2D eigenvalue weighted by Gasteiger charge is 2.17. The average molecular weight is 307 g/mol. The van der Waals surface area contributed by atoms with Crippen LogP contribution in [0.5, 0.6) is 5.75 Å². The lowest BCUT2D eigenvalue weighted by Crippen LogP contribution is -1.97. The molecule has 5 nitrogen and oxygen atoms in total. The molecule has 0 aromatic heterocycles. The lowest BCUT2D eigenvalue weighted by atomic mass is 10.2. The molecule has 0 unspecified atom stereocenters. The number of nitro groups is 1. The highest BCUT2D eigenvalue weighted by molar-refractivity contribution is 14.1. The van der Waals surface area contributed by atoms with Crippen LogP contribution in [0, 0.1) is 13.7 Å². The van der Waals surface area contributed by atoms with Gasteiger partial charge in [0.1, 0.15) is 15.6 Å². The van der Waals surface area contributed by atoms with Gasteiger partial charge in [-0.1, -0.05) is 0 Å². The lowest BCUT2D eigenvalue weighted by Gasteiger charge is -2.04. The van der Waals surface area contributed by atoms with Crippen LogP contribution in [-0.2, 0) is 0 Å². The molecule has 0 saturated heterocycles. The fourth-order valence-electron chi connectivity index (χ4n) is 0.953. The quantitative estimate of drug-likeness (QED) is 0.371. The van der Waals surface area contributed by atoms with Gasteiger partial charge in [0, 0.05) is 11.6 Å². The minimum atomic E-state index is -0.544. The van der Waals surface area contributed by atoms with E-state index in [1.807, 2.05) is 0 Å². The highest BCUT2D eigenvalue weighted by atomic mass is 127. The summed E-state index contributed by atoms with van der Waals surface area (Å²) in [7, 11) is 1.40. The number of rotatable bonds is 3. The van der Waals surface area contributed by atoms with Crippen LogP contribution >= 0.6 is 22.6 Å². The number of halogens is 1. The van der Waals surface area contributed by atoms with Crippen LogP contribution in [0.4, 0.5) is 5.69 Å². The van der Waals surface area contributed by atoms with Crippen molar-refractivity contribution in [2.24, 2.45) is 0 Å². The van der Waals surface area contributed by atoms with Crippen molar-refractivity contribution in [2.45, 2.75) is 0 Å². The van der Waals surface area contributed by atoms with Gasteiger partial charge in [0.15, 0.2) is 0 Å². The van der Waals surface area contributed by atoms with E-state index in [1.54, 1.807) is 22.6 Å². The van der Waals surface area contributed by atoms with Gasteiger partial charge < -0.3 is 4.74 Å². The topological polar surface area (TPSA) is 69.4 Å². The number of nitro benzene ring substituents is 1. The monoisotopic (exact) mass is 307 g/mol. The van der Waals surface area contributed by atoms with E-state index in [0.29, 0.717) is 15.6 Å². The summed E-state index contributed by atoms with van der Waals surface area (Å²) in [5.74, 6) is 0.335. The number of carbonyl (C=O) groups excluding carboxylic acids is 1. The molecule has 14 heavy (non-hydrogen) atoms. The number of nitrogens with zero attached hydrogens (tertiary/aromatic N) is 1. The molecule has 0 spiro atoms. The van der Waals surface area contributed by atoms with Crippen LogP contribution in [0.2, 0.25) is 0 Å². The Labute approximate surface area is 93.4 Å². The van der Waals surface area contributed by atoms with E-state index in [0.717, 1.165) is 0 Å². The van der Waals surface area contributed by atoms with E-state index in [1.165, 1.54) is 19.2 Å². The number of hydrogen-bond donors (Lipinski definition) is 0. The third-order valence-electron chi connectivity index (χ3n) is 1.60. The molecular formula is C8H6INO4. The lowest BCUT2D eigenvalue weighted by molar-refractivity contribution is -0.385. The Morgan fingerprint density at radius 3 is 2.64 bits per heavy atom. The normalized spacial score (nSPS) is 9.57. The molecule has 0 heterocycles. The summed E-state index contributed by atoms with van der Waals surface area (Å²) < 4.78 is 5.30. The van der Waals surface area contributed by atoms with E-state index in [9.17, 15) is 14.9 Å². The molecule has 1 aromatic rings. The molecule has 6 heteroatoms. The fraction of sp³-hybridized carbons (Fsp3) is 0.125. The molecule has 0 atom stereocenters. The first-order valence-corrected chi connectivity index (χ1v) is 4.65. The Balaban J connectivity index is 3.41. The maximum Gasteiger partial charge on any atom is 0.287 e. The van der Waals surface area contributed by atoms with E-state index in [4.69, 9.17) is 4.74 Å². The molecule has 0 aliphatic rings. The Kier molecular flexibility index (Phi) is 3.39. The molecule has 0 bridgehead atoms. The third kappa shape index (κ3) is 2.00. The van der Waals surface area contributed by atoms with Crippen molar-refractivity contribution in [2.75, 3.05) is 7.11 Å². The number of aldehydes is 1. The fourth-order valence-corrected chi connectivity index (χ4v) is 1.68. The van der Waals surface area contributed by atoms with Crippen LogP contribution in [0.25, 0.3) is 0 Å². The predicted molar refractivity (Wildman–Crippen MR) is 57.8 cm³/mol. The SMILES string of the molecule is COc1cc(C=O)cc([N+](=O)[O-])c1I. The predicted octanol–water partition coefficient (Wildman–Crippen LogP) is 2.02. The van der Waals surface area contributed by atoms with Crippen LogP contribution in [0.3, 0.4) is 0 Å². The maximum absolute atomic E-state index is 10.6. The molecule has 0 saturated carbocycles. The molecular weight excluding hydrogens is 301 g/mol. The second-order valence-electron chi connectivity index (χ2n) is 2.43. The standard InChI is InChI=1S/C8H6INO4/c1-14-7-3-5(4-11)2-6(8(7)9)10(12)13/h2-4H,1H3. The van der Waals surface area contributed by atoms with Crippen LogP contribution in [0.1, 0.15) is 10.4 Å².